The summed E-state index contributed by atoms with van der Waals surface area (Å²) in [5, 5.41) is 11.6. The second-order valence-electron chi connectivity index (χ2n) is 9.73. The van der Waals surface area contributed by atoms with E-state index in [9.17, 15) is 4.79 Å². The fourth-order valence-corrected chi connectivity index (χ4v) is 4.89. The number of amides is 2. The predicted octanol–water partition coefficient (Wildman–Crippen LogP) is 4.09. The minimum Gasteiger partial charge on any atom is -0.381 e. The molecule has 3 aliphatic heterocycles. The largest absolute Gasteiger partial charge is 0.381 e. The van der Waals surface area contributed by atoms with E-state index in [0.29, 0.717) is 13.1 Å². The molecule has 194 valence electrons. The molecule has 0 radical (unpaired) electrons. The maximum atomic E-state index is 11.5. The molecule has 2 amide bonds. The summed E-state index contributed by atoms with van der Waals surface area (Å²) < 4.78 is 6.94. The molecule has 1 aromatic carbocycles. The van der Waals surface area contributed by atoms with Gasteiger partial charge >= 0.3 is 6.03 Å². The highest BCUT2D eigenvalue weighted by Crippen LogP contribution is 2.36. The molecule has 1 atom stereocenters. The number of aromatic nitrogens is 4. The number of benzene rings is 1. The number of primary amides is 1. The van der Waals surface area contributed by atoms with E-state index >= 15 is 0 Å². The number of rotatable bonds is 2. The summed E-state index contributed by atoms with van der Waals surface area (Å²) in [6.45, 7) is 8.39. The first kappa shape index (κ1) is 25.8. The van der Waals surface area contributed by atoms with Crippen molar-refractivity contribution in [3.63, 3.8) is 0 Å². The topological polar surface area (TPSA) is 105 Å². The molecule has 9 heteroatoms. The molecule has 0 spiro atoms. The third-order valence-corrected chi connectivity index (χ3v) is 7.02. The highest BCUT2D eigenvalue weighted by atomic mass is 16.5. The van der Waals surface area contributed by atoms with E-state index in [4.69, 9.17) is 10.5 Å². The van der Waals surface area contributed by atoms with Crippen LogP contribution in [0.5, 0.6) is 0 Å². The molecule has 6 rings (SSSR count). The first-order chi connectivity index (χ1) is 17.5. The second kappa shape index (κ2) is 12.1. The van der Waals surface area contributed by atoms with Crippen LogP contribution in [0, 0.1) is 12.8 Å². The Morgan fingerprint density at radius 3 is 2.69 bits per heavy atom. The lowest BCUT2D eigenvalue weighted by Gasteiger charge is -2.32. The lowest BCUT2D eigenvalue weighted by molar-refractivity contribution is 0.185. The van der Waals surface area contributed by atoms with Crippen molar-refractivity contribution in [3.8, 4) is 0 Å². The van der Waals surface area contributed by atoms with Crippen LogP contribution in [0.3, 0.4) is 0 Å². The fourth-order valence-electron chi connectivity index (χ4n) is 4.89. The Morgan fingerprint density at radius 2 is 2.08 bits per heavy atom. The van der Waals surface area contributed by atoms with Crippen LogP contribution in [0.2, 0.25) is 0 Å². The van der Waals surface area contributed by atoms with E-state index in [-0.39, 0.29) is 6.03 Å². The van der Waals surface area contributed by atoms with E-state index < -0.39 is 0 Å². The number of ether oxygens (including phenoxy) is 1. The van der Waals surface area contributed by atoms with Gasteiger partial charge in [0.15, 0.2) is 5.82 Å². The summed E-state index contributed by atoms with van der Waals surface area (Å²) in [6.07, 6.45) is 9.38. The van der Waals surface area contributed by atoms with Gasteiger partial charge in [-0.05, 0) is 49.3 Å². The zero-order valence-corrected chi connectivity index (χ0v) is 21.7. The van der Waals surface area contributed by atoms with Gasteiger partial charge in [-0.2, -0.15) is 10.2 Å². The molecular weight excluding hydrogens is 454 g/mol. The van der Waals surface area contributed by atoms with Gasteiger partial charge in [0.1, 0.15) is 0 Å². The van der Waals surface area contributed by atoms with Crippen molar-refractivity contribution in [3.05, 3.63) is 59.0 Å². The van der Waals surface area contributed by atoms with Crippen LogP contribution in [0.4, 0.5) is 16.3 Å². The molecular formula is C27H39N7O2. The van der Waals surface area contributed by atoms with Crippen LogP contribution in [0.15, 0.2) is 36.7 Å². The molecule has 3 N–H and O–H groups in total. The number of hydrogen-bond acceptors (Lipinski definition) is 5. The van der Waals surface area contributed by atoms with Crippen LogP contribution < -0.4 is 10.6 Å². The monoisotopic (exact) mass is 493 g/mol. The second-order valence-corrected chi connectivity index (χ2v) is 9.73. The first-order valence-electron chi connectivity index (χ1n) is 12.9. The Balaban J connectivity index is 0.000000177. The van der Waals surface area contributed by atoms with Crippen molar-refractivity contribution in [1.82, 2.24) is 24.9 Å². The molecule has 2 aromatic heterocycles. The van der Waals surface area contributed by atoms with Gasteiger partial charge in [0.05, 0.1) is 12.7 Å². The summed E-state index contributed by atoms with van der Waals surface area (Å²) in [7, 11) is 1.91. The molecule has 1 saturated heterocycles. The first-order valence-corrected chi connectivity index (χ1v) is 12.9. The van der Waals surface area contributed by atoms with Crippen molar-refractivity contribution in [2.45, 2.75) is 52.5 Å². The number of H-pyrrole nitrogens is 1. The van der Waals surface area contributed by atoms with Gasteiger partial charge < -0.3 is 20.3 Å². The summed E-state index contributed by atoms with van der Waals surface area (Å²) in [5.41, 5.74) is 11.4. The number of carbonyl (C=O) groups is 1. The normalized spacial score (nSPS) is 18.4. The van der Waals surface area contributed by atoms with Gasteiger partial charge in [-0.3, -0.25) is 9.78 Å². The number of hydrogen-bond donors (Lipinski definition) is 2. The maximum absolute atomic E-state index is 11.5. The Kier molecular flexibility index (Phi) is 8.64. The molecule has 0 unspecified atom stereocenters. The van der Waals surface area contributed by atoms with Crippen molar-refractivity contribution < 1.29 is 9.53 Å². The quantitative estimate of drug-likeness (QED) is 0.559. The van der Waals surface area contributed by atoms with Crippen molar-refractivity contribution >= 4 is 17.5 Å². The predicted molar refractivity (Wildman–Crippen MR) is 141 cm³/mol. The van der Waals surface area contributed by atoms with Crippen LogP contribution in [-0.2, 0) is 31.2 Å². The molecule has 0 saturated carbocycles. The minimum atomic E-state index is -0.364. The van der Waals surface area contributed by atoms with Gasteiger partial charge in [0.25, 0.3) is 0 Å². The third kappa shape index (κ3) is 6.26. The summed E-state index contributed by atoms with van der Waals surface area (Å²) in [6, 6.07) is 8.10. The summed E-state index contributed by atoms with van der Waals surface area (Å²) >= 11 is 0. The highest BCUT2D eigenvalue weighted by Gasteiger charge is 2.28. The SMILES string of the molecule is CC[C@H]1CCOC1.Cc1cnn(C)c1.NC(=O)N1CCc2[nH]nc(N3CCCc4ccccc43)c2C1. The number of fused-ring (bicyclic) bond motifs is 2. The average molecular weight is 494 g/mol. The molecule has 1 fully saturated rings. The van der Waals surface area contributed by atoms with E-state index in [2.05, 4.69) is 51.4 Å². The number of aromatic amines is 1. The number of anilines is 2. The Bertz CT molecular complexity index is 1120. The highest BCUT2D eigenvalue weighted by molar-refractivity contribution is 5.74. The van der Waals surface area contributed by atoms with Gasteiger partial charge in [0.2, 0.25) is 0 Å². The van der Waals surface area contributed by atoms with E-state index in [0.717, 1.165) is 62.0 Å². The number of nitrogens with zero attached hydrogens (tertiary/aromatic N) is 5. The van der Waals surface area contributed by atoms with Gasteiger partial charge in [-0.15, -0.1) is 0 Å². The third-order valence-electron chi connectivity index (χ3n) is 7.02. The van der Waals surface area contributed by atoms with E-state index in [1.807, 2.05) is 26.4 Å². The molecule has 9 nitrogen and oxygen atoms in total. The molecule has 36 heavy (non-hydrogen) atoms. The van der Waals surface area contributed by atoms with Crippen molar-refractivity contribution in [2.75, 3.05) is 31.2 Å². The van der Waals surface area contributed by atoms with Crippen LogP contribution in [0.1, 0.15) is 48.6 Å². The average Bonchev–Trinajstić information content (AvgIpc) is 3.65. The minimum absolute atomic E-state index is 0.364. The van der Waals surface area contributed by atoms with Crippen LogP contribution in [0.25, 0.3) is 0 Å². The van der Waals surface area contributed by atoms with Crippen molar-refractivity contribution in [1.29, 1.82) is 0 Å². The number of para-hydroxylation sites is 1. The maximum Gasteiger partial charge on any atom is 0.315 e. The van der Waals surface area contributed by atoms with E-state index in [1.54, 1.807) is 9.58 Å². The molecule has 5 heterocycles. The summed E-state index contributed by atoms with van der Waals surface area (Å²) in [5.74, 6) is 1.81. The molecule has 3 aromatic rings. The van der Waals surface area contributed by atoms with Gasteiger partial charge in [-0.1, -0.05) is 31.5 Å². The standard InChI is InChI=1S/C16H19N5O.C6H12O.C5H8N2/c17-16(22)20-9-7-13-12(10-20)15(19-18-13)21-8-3-5-11-4-1-2-6-14(11)21;1-2-6-3-4-7-5-6;1-5-3-6-7(2)4-5/h1-2,4,6H,3,5,7-10H2,(H2,17,22)(H,18,19);6H,2-5H2,1H3;3-4H,1-2H3/t;6-;/m.0./s1. The molecule has 0 bridgehead atoms. The van der Waals surface area contributed by atoms with Crippen molar-refractivity contribution in [2.24, 2.45) is 18.7 Å². The summed E-state index contributed by atoms with van der Waals surface area (Å²) in [4.78, 5) is 15.4. The number of nitrogens with one attached hydrogen (secondary N) is 1. The number of nitrogens with two attached hydrogens (primary N) is 1. The Labute approximate surface area is 213 Å². The van der Waals surface area contributed by atoms with Crippen LogP contribution >= 0.6 is 0 Å². The zero-order valence-electron chi connectivity index (χ0n) is 21.7. The lowest BCUT2D eigenvalue weighted by atomic mass is 10.0. The van der Waals surface area contributed by atoms with Crippen LogP contribution in [-0.4, -0.2) is 57.2 Å². The van der Waals surface area contributed by atoms with Gasteiger partial charge in [0, 0.05) is 62.9 Å². The van der Waals surface area contributed by atoms with E-state index in [1.165, 1.54) is 29.7 Å². The number of carbonyl (C=O) groups excluding carboxylic acids is 1. The smallest absolute Gasteiger partial charge is 0.315 e. The zero-order chi connectivity index (χ0) is 25.5. The fraction of sp³-hybridized carbons (Fsp3) is 0.519. The Morgan fingerprint density at radius 1 is 1.25 bits per heavy atom. The Hall–Kier alpha value is -3.33. The number of urea groups is 1. The number of aryl methyl sites for hydroxylation is 3. The van der Waals surface area contributed by atoms with Gasteiger partial charge in [-0.25, -0.2) is 4.79 Å². The molecule has 3 aliphatic rings. The molecule has 0 aliphatic carbocycles. The lowest BCUT2D eigenvalue weighted by Crippen LogP contribution is -2.39.